The van der Waals surface area contributed by atoms with Crippen LogP contribution in [0.25, 0.3) is 0 Å². The number of benzene rings is 1. The average Bonchev–Trinajstić information content (AvgIpc) is 2.46. The van der Waals surface area contributed by atoms with Gasteiger partial charge in [-0.2, -0.15) is 0 Å². The number of allylic oxidation sites excluding steroid dienone is 3. The summed E-state index contributed by atoms with van der Waals surface area (Å²) in [6.45, 7) is 0. The van der Waals surface area contributed by atoms with Gasteiger partial charge in [0.2, 0.25) is 0 Å². The Kier molecular flexibility index (Phi) is 3.47. The van der Waals surface area contributed by atoms with Crippen molar-refractivity contribution >= 4 is 23.3 Å². The second-order valence-corrected chi connectivity index (χ2v) is 5.31. The first-order valence-corrected chi connectivity index (χ1v) is 6.76. The SMILES string of the molecule is O=C(O)C1=CC2C(=NC=CC2c2ccc(Cl)cc2F)C=C1. The minimum atomic E-state index is -1.00. The Bertz CT molecular complexity index is 734. The fourth-order valence-corrected chi connectivity index (χ4v) is 2.75. The quantitative estimate of drug-likeness (QED) is 0.905. The van der Waals surface area contributed by atoms with E-state index in [1.807, 2.05) is 0 Å². The molecule has 3 nitrogen and oxygen atoms in total. The van der Waals surface area contributed by atoms with Gasteiger partial charge in [0.25, 0.3) is 0 Å². The van der Waals surface area contributed by atoms with Gasteiger partial charge in [-0.3, -0.25) is 4.99 Å². The Morgan fingerprint density at radius 2 is 2.10 bits per heavy atom. The van der Waals surface area contributed by atoms with Crippen molar-refractivity contribution in [2.75, 3.05) is 0 Å². The Labute approximate surface area is 125 Å². The van der Waals surface area contributed by atoms with Gasteiger partial charge in [-0.15, -0.1) is 0 Å². The van der Waals surface area contributed by atoms with Crippen LogP contribution in [-0.2, 0) is 4.79 Å². The first-order valence-electron chi connectivity index (χ1n) is 6.39. The summed E-state index contributed by atoms with van der Waals surface area (Å²) < 4.78 is 14.1. The van der Waals surface area contributed by atoms with Gasteiger partial charge in [0.05, 0.1) is 5.57 Å². The molecule has 0 bridgehead atoms. The third-order valence-corrected chi connectivity index (χ3v) is 3.84. The highest BCUT2D eigenvalue weighted by atomic mass is 35.5. The summed E-state index contributed by atoms with van der Waals surface area (Å²) in [5.74, 6) is -2.00. The van der Waals surface area contributed by atoms with Crippen molar-refractivity contribution in [3.8, 4) is 0 Å². The third-order valence-electron chi connectivity index (χ3n) is 3.61. The van der Waals surface area contributed by atoms with Crippen LogP contribution >= 0.6 is 11.6 Å². The lowest BCUT2D eigenvalue weighted by Crippen LogP contribution is -2.24. The van der Waals surface area contributed by atoms with Crippen molar-refractivity contribution in [1.82, 2.24) is 0 Å². The molecule has 21 heavy (non-hydrogen) atoms. The van der Waals surface area contributed by atoms with Crippen molar-refractivity contribution in [3.63, 3.8) is 0 Å². The maximum absolute atomic E-state index is 14.1. The molecule has 1 N–H and O–H groups in total. The highest BCUT2D eigenvalue weighted by Crippen LogP contribution is 2.36. The number of carboxylic acids is 1. The number of carbonyl (C=O) groups is 1. The highest BCUT2D eigenvalue weighted by Gasteiger charge is 2.30. The summed E-state index contributed by atoms with van der Waals surface area (Å²) in [4.78, 5) is 15.3. The van der Waals surface area contributed by atoms with Crippen LogP contribution in [0.1, 0.15) is 11.5 Å². The molecule has 3 rings (SSSR count). The number of hydrogen-bond acceptors (Lipinski definition) is 2. The van der Waals surface area contributed by atoms with Crippen molar-refractivity contribution in [3.05, 3.63) is 70.7 Å². The zero-order valence-electron chi connectivity index (χ0n) is 10.8. The predicted octanol–water partition coefficient (Wildman–Crippen LogP) is 3.73. The predicted molar refractivity (Wildman–Crippen MR) is 79.1 cm³/mol. The highest BCUT2D eigenvalue weighted by molar-refractivity contribution is 6.30. The number of aliphatic imine (C=N–C) groups is 1. The summed E-state index contributed by atoms with van der Waals surface area (Å²) in [5.41, 5.74) is 1.39. The van der Waals surface area contributed by atoms with E-state index in [9.17, 15) is 9.18 Å². The van der Waals surface area contributed by atoms with Gasteiger partial charge in [-0.1, -0.05) is 29.8 Å². The fraction of sp³-hybridized carbons (Fsp3) is 0.125. The van der Waals surface area contributed by atoms with Crippen LogP contribution in [0, 0.1) is 11.7 Å². The Morgan fingerprint density at radius 3 is 2.81 bits per heavy atom. The molecule has 0 spiro atoms. The summed E-state index contributed by atoms with van der Waals surface area (Å²) in [6, 6.07) is 4.51. The minimum Gasteiger partial charge on any atom is -0.478 e. The maximum atomic E-state index is 14.1. The van der Waals surface area contributed by atoms with Gasteiger partial charge in [0.15, 0.2) is 0 Å². The molecule has 0 radical (unpaired) electrons. The summed E-state index contributed by atoms with van der Waals surface area (Å²) in [5, 5.41) is 9.44. The molecule has 1 heterocycles. The van der Waals surface area contributed by atoms with Crippen molar-refractivity contribution in [2.45, 2.75) is 5.92 Å². The van der Waals surface area contributed by atoms with E-state index >= 15 is 0 Å². The molecule has 1 aromatic carbocycles. The van der Waals surface area contributed by atoms with Crippen LogP contribution in [0.4, 0.5) is 4.39 Å². The van der Waals surface area contributed by atoms with E-state index in [0.717, 1.165) is 5.71 Å². The van der Waals surface area contributed by atoms with Gasteiger partial charge in [0, 0.05) is 28.8 Å². The standard InChI is InChI=1S/C16H11ClFNO2/c17-10-2-3-12(14(18)8-10)11-5-6-19-15-4-1-9(16(20)21)7-13(11)15/h1-8,11,13H,(H,20,21). The monoisotopic (exact) mass is 303 g/mol. The van der Waals surface area contributed by atoms with E-state index in [1.54, 1.807) is 36.6 Å². The fourth-order valence-electron chi connectivity index (χ4n) is 2.59. The molecule has 0 saturated heterocycles. The number of halogens is 2. The van der Waals surface area contributed by atoms with Crippen LogP contribution in [0.2, 0.25) is 5.02 Å². The maximum Gasteiger partial charge on any atom is 0.335 e. The third kappa shape index (κ3) is 2.54. The van der Waals surface area contributed by atoms with E-state index in [1.165, 1.54) is 12.1 Å². The lowest BCUT2D eigenvalue weighted by molar-refractivity contribution is -0.132. The number of carboxylic acid groups (broad SMARTS) is 1. The molecule has 0 saturated carbocycles. The molecule has 2 aliphatic rings. The van der Waals surface area contributed by atoms with Crippen LogP contribution < -0.4 is 0 Å². The molecule has 0 fully saturated rings. The smallest absolute Gasteiger partial charge is 0.335 e. The first-order chi connectivity index (χ1) is 10.1. The van der Waals surface area contributed by atoms with E-state index < -0.39 is 11.8 Å². The molecule has 1 aliphatic carbocycles. The molecule has 106 valence electrons. The minimum absolute atomic E-state index is 0.189. The molecule has 1 aromatic rings. The summed E-state index contributed by atoms with van der Waals surface area (Å²) in [6.07, 6.45) is 8.18. The van der Waals surface area contributed by atoms with Crippen LogP contribution in [0.3, 0.4) is 0 Å². The van der Waals surface area contributed by atoms with Crippen LogP contribution in [-0.4, -0.2) is 16.8 Å². The zero-order chi connectivity index (χ0) is 15.0. The van der Waals surface area contributed by atoms with Crippen molar-refractivity contribution in [1.29, 1.82) is 0 Å². The topological polar surface area (TPSA) is 49.7 Å². The van der Waals surface area contributed by atoms with Gasteiger partial charge in [-0.25, -0.2) is 9.18 Å². The molecule has 5 heteroatoms. The van der Waals surface area contributed by atoms with E-state index in [2.05, 4.69) is 4.99 Å². The second kappa shape index (κ2) is 5.30. The molecular formula is C16H11ClFNO2. The molecule has 0 aromatic heterocycles. The molecule has 2 unspecified atom stereocenters. The Morgan fingerprint density at radius 1 is 1.29 bits per heavy atom. The number of aliphatic carboxylic acids is 1. The van der Waals surface area contributed by atoms with Crippen LogP contribution in [0.5, 0.6) is 0 Å². The van der Waals surface area contributed by atoms with Crippen molar-refractivity contribution in [2.24, 2.45) is 10.9 Å². The molecule has 2 atom stereocenters. The summed E-state index contributed by atoms with van der Waals surface area (Å²) in [7, 11) is 0. The largest absolute Gasteiger partial charge is 0.478 e. The normalized spacial score (nSPS) is 23.3. The van der Waals surface area contributed by atoms with Gasteiger partial charge < -0.3 is 5.11 Å². The van der Waals surface area contributed by atoms with E-state index in [-0.39, 0.29) is 17.4 Å². The lowest BCUT2D eigenvalue weighted by Gasteiger charge is -2.27. The number of rotatable bonds is 2. The first kappa shape index (κ1) is 13.8. The van der Waals surface area contributed by atoms with Gasteiger partial charge in [-0.05, 0) is 29.8 Å². The van der Waals surface area contributed by atoms with E-state index in [4.69, 9.17) is 16.7 Å². The zero-order valence-corrected chi connectivity index (χ0v) is 11.6. The van der Waals surface area contributed by atoms with Crippen molar-refractivity contribution < 1.29 is 14.3 Å². The summed E-state index contributed by atoms with van der Waals surface area (Å²) >= 11 is 5.78. The molecule has 1 aliphatic heterocycles. The van der Waals surface area contributed by atoms with E-state index in [0.29, 0.717) is 10.6 Å². The molecular weight excluding hydrogens is 293 g/mol. The average molecular weight is 304 g/mol. The second-order valence-electron chi connectivity index (χ2n) is 4.87. The number of hydrogen-bond donors (Lipinski definition) is 1. The molecule has 0 amide bonds. The number of fused-ring (bicyclic) bond motifs is 1. The number of nitrogens with zero attached hydrogens (tertiary/aromatic N) is 1. The van der Waals surface area contributed by atoms with Crippen LogP contribution in [0.15, 0.2) is 59.3 Å². The lowest BCUT2D eigenvalue weighted by atomic mass is 9.78. The van der Waals surface area contributed by atoms with Gasteiger partial charge in [0.1, 0.15) is 5.82 Å². The Hall–Kier alpha value is -2.20. The van der Waals surface area contributed by atoms with Gasteiger partial charge >= 0.3 is 5.97 Å². The Balaban J connectivity index is 2.04.